The molecule has 0 aliphatic rings. The van der Waals surface area contributed by atoms with E-state index < -0.39 is 18.0 Å². The Balaban J connectivity index is 1.81. The Labute approximate surface area is 144 Å². The van der Waals surface area contributed by atoms with E-state index in [9.17, 15) is 14.0 Å². The van der Waals surface area contributed by atoms with Gasteiger partial charge >= 0.3 is 5.97 Å². The molecule has 0 unspecified atom stereocenters. The quantitative estimate of drug-likeness (QED) is 0.638. The van der Waals surface area contributed by atoms with Crippen molar-refractivity contribution >= 4 is 29.3 Å². The first kappa shape index (κ1) is 18.0. The minimum absolute atomic E-state index is 0.0664. The Morgan fingerprint density at radius 3 is 2.50 bits per heavy atom. The van der Waals surface area contributed by atoms with E-state index in [2.05, 4.69) is 5.32 Å². The number of hydrogen-bond donors (Lipinski definition) is 1. The maximum Gasteiger partial charge on any atom is 0.317 e. The zero-order chi connectivity index (χ0) is 17.5. The first-order valence-corrected chi connectivity index (χ1v) is 8.38. The van der Waals surface area contributed by atoms with Crippen molar-refractivity contribution in [3.63, 3.8) is 0 Å². The highest BCUT2D eigenvalue weighted by Crippen LogP contribution is 2.21. The first-order valence-electron chi connectivity index (χ1n) is 7.40. The Morgan fingerprint density at radius 1 is 1.17 bits per heavy atom. The van der Waals surface area contributed by atoms with Gasteiger partial charge in [0, 0.05) is 10.6 Å². The van der Waals surface area contributed by atoms with Crippen LogP contribution in [0, 0.1) is 12.7 Å². The van der Waals surface area contributed by atoms with Crippen LogP contribution in [0.5, 0.6) is 0 Å². The van der Waals surface area contributed by atoms with Crippen molar-refractivity contribution in [2.24, 2.45) is 0 Å². The van der Waals surface area contributed by atoms with Crippen molar-refractivity contribution in [2.75, 3.05) is 11.1 Å². The van der Waals surface area contributed by atoms with Crippen LogP contribution in [0.1, 0.15) is 12.5 Å². The predicted molar refractivity (Wildman–Crippen MR) is 92.5 cm³/mol. The summed E-state index contributed by atoms with van der Waals surface area (Å²) in [6.45, 7) is 3.44. The van der Waals surface area contributed by atoms with Crippen LogP contribution in [0.25, 0.3) is 0 Å². The van der Waals surface area contributed by atoms with E-state index in [1.54, 1.807) is 30.3 Å². The number of halogens is 1. The number of nitrogens with one attached hydrogen (secondary N) is 1. The van der Waals surface area contributed by atoms with Crippen LogP contribution in [-0.4, -0.2) is 23.7 Å². The van der Waals surface area contributed by atoms with Gasteiger partial charge in [0.2, 0.25) is 0 Å². The highest BCUT2D eigenvalue weighted by atomic mass is 32.2. The standard InChI is InChI=1S/C18H18FNO3S/c1-12-7-9-14(10-8-12)20-18(22)13(2)23-17(21)11-24-16-6-4-3-5-15(16)19/h3-10,13H,11H2,1-2H3,(H,20,22)/t13-/m0/s1. The lowest BCUT2D eigenvalue weighted by molar-refractivity contribution is -0.150. The highest BCUT2D eigenvalue weighted by Gasteiger charge is 2.18. The summed E-state index contributed by atoms with van der Waals surface area (Å²) in [5, 5.41) is 2.67. The van der Waals surface area contributed by atoms with Gasteiger partial charge in [-0.05, 0) is 38.1 Å². The maximum absolute atomic E-state index is 13.5. The number of anilines is 1. The van der Waals surface area contributed by atoms with Crippen LogP contribution < -0.4 is 5.32 Å². The van der Waals surface area contributed by atoms with Crippen molar-refractivity contribution in [2.45, 2.75) is 24.8 Å². The summed E-state index contributed by atoms with van der Waals surface area (Å²) < 4.78 is 18.5. The molecule has 0 saturated heterocycles. The third kappa shape index (κ3) is 5.38. The van der Waals surface area contributed by atoms with E-state index in [4.69, 9.17) is 4.74 Å². The number of aryl methyl sites for hydroxylation is 1. The molecule has 2 aromatic rings. The number of carbonyl (C=O) groups is 2. The van der Waals surface area contributed by atoms with Crippen molar-refractivity contribution in [3.8, 4) is 0 Å². The summed E-state index contributed by atoms with van der Waals surface area (Å²) in [7, 11) is 0. The van der Waals surface area contributed by atoms with Crippen LogP contribution in [0.15, 0.2) is 53.4 Å². The fraction of sp³-hybridized carbons (Fsp3) is 0.222. The van der Waals surface area contributed by atoms with Gasteiger partial charge in [-0.2, -0.15) is 0 Å². The van der Waals surface area contributed by atoms with Gasteiger partial charge in [-0.3, -0.25) is 9.59 Å². The molecule has 0 heterocycles. The SMILES string of the molecule is Cc1ccc(NC(=O)[C@H](C)OC(=O)CSc2ccccc2F)cc1. The second-order valence-electron chi connectivity index (χ2n) is 5.21. The average Bonchev–Trinajstić information content (AvgIpc) is 2.56. The lowest BCUT2D eigenvalue weighted by atomic mass is 10.2. The molecule has 2 rings (SSSR count). The van der Waals surface area contributed by atoms with E-state index in [1.807, 2.05) is 19.1 Å². The summed E-state index contributed by atoms with van der Waals surface area (Å²) in [5.41, 5.74) is 1.71. The molecular weight excluding hydrogens is 329 g/mol. The van der Waals surface area contributed by atoms with Crippen molar-refractivity contribution in [3.05, 3.63) is 59.9 Å². The molecule has 126 valence electrons. The normalized spacial score (nSPS) is 11.6. The van der Waals surface area contributed by atoms with E-state index in [0.29, 0.717) is 10.6 Å². The Bertz CT molecular complexity index is 718. The third-order valence-electron chi connectivity index (χ3n) is 3.18. The van der Waals surface area contributed by atoms with Gasteiger partial charge in [0.15, 0.2) is 6.10 Å². The van der Waals surface area contributed by atoms with Gasteiger partial charge in [0.25, 0.3) is 5.91 Å². The zero-order valence-electron chi connectivity index (χ0n) is 13.4. The van der Waals surface area contributed by atoms with Crippen LogP contribution in [0.3, 0.4) is 0 Å². The van der Waals surface area contributed by atoms with Gasteiger partial charge in [-0.15, -0.1) is 11.8 Å². The Morgan fingerprint density at radius 2 is 1.83 bits per heavy atom. The lowest BCUT2D eigenvalue weighted by Gasteiger charge is -2.13. The number of esters is 1. The monoisotopic (exact) mass is 347 g/mol. The molecule has 0 fully saturated rings. The van der Waals surface area contributed by atoms with Crippen molar-refractivity contribution < 1.29 is 18.7 Å². The minimum atomic E-state index is -0.931. The number of rotatable bonds is 6. The summed E-state index contributed by atoms with van der Waals surface area (Å²) in [4.78, 5) is 24.2. The summed E-state index contributed by atoms with van der Waals surface area (Å²) in [5.74, 6) is -1.44. The molecule has 0 bridgehead atoms. The molecule has 0 aliphatic heterocycles. The smallest absolute Gasteiger partial charge is 0.317 e. The van der Waals surface area contributed by atoms with Crippen LogP contribution in [0.2, 0.25) is 0 Å². The zero-order valence-corrected chi connectivity index (χ0v) is 14.2. The predicted octanol–water partition coefficient (Wildman–Crippen LogP) is 3.80. The molecule has 1 atom stereocenters. The van der Waals surface area contributed by atoms with Gasteiger partial charge in [-0.25, -0.2) is 4.39 Å². The molecule has 4 nitrogen and oxygen atoms in total. The fourth-order valence-corrected chi connectivity index (χ4v) is 2.59. The topological polar surface area (TPSA) is 55.4 Å². The van der Waals surface area contributed by atoms with Crippen molar-refractivity contribution in [1.82, 2.24) is 0 Å². The molecule has 0 aliphatic carbocycles. The molecule has 0 saturated carbocycles. The number of benzene rings is 2. The fourth-order valence-electron chi connectivity index (χ4n) is 1.86. The van der Waals surface area contributed by atoms with E-state index >= 15 is 0 Å². The lowest BCUT2D eigenvalue weighted by Crippen LogP contribution is -2.30. The third-order valence-corrected chi connectivity index (χ3v) is 4.20. The Hall–Kier alpha value is -2.34. The second kappa shape index (κ2) is 8.49. The van der Waals surface area contributed by atoms with Gasteiger partial charge in [-0.1, -0.05) is 29.8 Å². The molecule has 24 heavy (non-hydrogen) atoms. The van der Waals surface area contributed by atoms with E-state index in [-0.39, 0.29) is 11.6 Å². The second-order valence-corrected chi connectivity index (χ2v) is 6.22. The number of thioether (sulfide) groups is 1. The van der Waals surface area contributed by atoms with Crippen molar-refractivity contribution in [1.29, 1.82) is 0 Å². The van der Waals surface area contributed by atoms with E-state index in [0.717, 1.165) is 17.3 Å². The van der Waals surface area contributed by atoms with Crippen LogP contribution >= 0.6 is 11.8 Å². The number of carbonyl (C=O) groups excluding carboxylic acids is 2. The average molecular weight is 347 g/mol. The molecule has 0 radical (unpaired) electrons. The van der Waals surface area contributed by atoms with Gasteiger partial charge in [0.1, 0.15) is 5.82 Å². The molecule has 0 aromatic heterocycles. The molecular formula is C18H18FNO3S. The number of amides is 1. The summed E-state index contributed by atoms with van der Waals surface area (Å²) in [6, 6.07) is 13.5. The highest BCUT2D eigenvalue weighted by molar-refractivity contribution is 8.00. The first-order chi connectivity index (χ1) is 11.5. The molecule has 6 heteroatoms. The summed E-state index contributed by atoms with van der Waals surface area (Å²) in [6.07, 6.45) is -0.931. The largest absolute Gasteiger partial charge is 0.452 e. The maximum atomic E-state index is 13.5. The molecule has 0 spiro atoms. The molecule has 1 amide bonds. The van der Waals surface area contributed by atoms with Gasteiger partial charge < -0.3 is 10.1 Å². The van der Waals surface area contributed by atoms with Crippen LogP contribution in [0.4, 0.5) is 10.1 Å². The van der Waals surface area contributed by atoms with E-state index in [1.165, 1.54) is 13.0 Å². The Kier molecular flexibility index (Phi) is 6.37. The molecule has 1 N–H and O–H groups in total. The summed E-state index contributed by atoms with van der Waals surface area (Å²) >= 11 is 1.03. The van der Waals surface area contributed by atoms with Crippen LogP contribution in [-0.2, 0) is 14.3 Å². The molecule has 2 aromatic carbocycles. The number of ether oxygens (including phenoxy) is 1. The number of hydrogen-bond acceptors (Lipinski definition) is 4. The van der Waals surface area contributed by atoms with Gasteiger partial charge in [0.05, 0.1) is 5.75 Å². The minimum Gasteiger partial charge on any atom is -0.452 e.